The van der Waals surface area contributed by atoms with Gasteiger partial charge in [-0.2, -0.15) is 0 Å². The molecule has 0 saturated carbocycles. The summed E-state index contributed by atoms with van der Waals surface area (Å²) in [5.41, 5.74) is 2.11. The van der Waals surface area contributed by atoms with Crippen LogP contribution in [0, 0.1) is 6.92 Å². The fourth-order valence-corrected chi connectivity index (χ4v) is 2.74. The van der Waals surface area contributed by atoms with Gasteiger partial charge in [0.05, 0.1) is 32.2 Å². The van der Waals surface area contributed by atoms with Crippen LogP contribution in [0.1, 0.15) is 23.0 Å². The molecular weight excluding hydrogens is 330 g/mol. The van der Waals surface area contributed by atoms with Crippen LogP contribution in [0.2, 0.25) is 0 Å². The van der Waals surface area contributed by atoms with E-state index in [-0.39, 0.29) is 0 Å². The van der Waals surface area contributed by atoms with Gasteiger partial charge in [-0.15, -0.1) is 10.2 Å². The Morgan fingerprint density at radius 3 is 2.04 bits per heavy atom. The molecule has 0 spiro atoms. The summed E-state index contributed by atoms with van der Waals surface area (Å²) < 4.78 is 16.8. The van der Waals surface area contributed by atoms with E-state index in [9.17, 15) is 0 Å². The van der Waals surface area contributed by atoms with Gasteiger partial charge in [0.1, 0.15) is 11.5 Å². The van der Waals surface area contributed by atoms with Crippen LogP contribution in [0.5, 0.6) is 0 Å². The summed E-state index contributed by atoms with van der Waals surface area (Å²) in [4.78, 5) is 2.13. The quantitative estimate of drug-likeness (QED) is 0.491. The van der Waals surface area contributed by atoms with Gasteiger partial charge in [-0.3, -0.25) is 4.90 Å². The van der Waals surface area contributed by atoms with E-state index in [1.807, 2.05) is 55.5 Å². The number of aryl methyl sites for hydroxylation is 1. The molecule has 3 aromatic heterocycles. The lowest BCUT2D eigenvalue weighted by Crippen LogP contribution is -2.22. The Balaban J connectivity index is 1.50. The number of hydrogen-bond acceptors (Lipinski definition) is 6. The second-order valence-corrected chi connectivity index (χ2v) is 6.17. The highest BCUT2D eigenvalue weighted by atomic mass is 16.4. The van der Waals surface area contributed by atoms with Gasteiger partial charge >= 0.3 is 0 Å². The number of aromatic nitrogens is 2. The van der Waals surface area contributed by atoms with Crippen LogP contribution >= 0.6 is 0 Å². The molecule has 0 bridgehead atoms. The van der Waals surface area contributed by atoms with Crippen molar-refractivity contribution in [1.29, 1.82) is 0 Å². The number of rotatable bonds is 7. The summed E-state index contributed by atoms with van der Waals surface area (Å²) in [6.45, 7) is 3.79. The highest BCUT2D eigenvalue weighted by Gasteiger charge is 2.16. The Morgan fingerprint density at radius 2 is 1.46 bits per heavy atom. The minimum atomic E-state index is 0.500. The maximum absolute atomic E-state index is 5.85. The molecule has 0 saturated heterocycles. The Bertz CT molecular complexity index is 889. The van der Waals surface area contributed by atoms with E-state index in [2.05, 4.69) is 15.1 Å². The lowest BCUT2D eigenvalue weighted by atomic mass is 10.1. The Labute approximate surface area is 151 Å². The van der Waals surface area contributed by atoms with E-state index in [1.54, 1.807) is 12.5 Å². The van der Waals surface area contributed by atoms with Crippen molar-refractivity contribution in [2.75, 3.05) is 0 Å². The van der Waals surface area contributed by atoms with Crippen molar-refractivity contribution in [3.05, 3.63) is 84.0 Å². The molecule has 4 aromatic rings. The van der Waals surface area contributed by atoms with Crippen molar-refractivity contribution < 1.29 is 13.3 Å². The van der Waals surface area contributed by atoms with E-state index in [0.717, 1.165) is 17.1 Å². The van der Waals surface area contributed by atoms with Gasteiger partial charge < -0.3 is 13.3 Å². The summed E-state index contributed by atoms with van der Waals surface area (Å²) in [6.07, 6.45) is 3.34. The summed E-state index contributed by atoms with van der Waals surface area (Å²) in [7, 11) is 0. The molecule has 1 aromatic carbocycles. The summed E-state index contributed by atoms with van der Waals surface area (Å²) in [5, 5.41) is 8.37. The zero-order valence-corrected chi connectivity index (χ0v) is 14.5. The largest absolute Gasteiger partial charge is 0.468 e. The minimum absolute atomic E-state index is 0.500. The maximum atomic E-state index is 5.85. The molecular formula is C20H19N3O3. The predicted molar refractivity (Wildman–Crippen MR) is 94.8 cm³/mol. The van der Waals surface area contributed by atoms with Crippen LogP contribution in [0.25, 0.3) is 11.5 Å². The second-order valence-electron chi connectivity index (χ2n) is 6.17. The average Bonchev–Trinajstić information content (AvgIpc) is 3.38. The van der Waals surface area contributed by atoms with Gasteiger partial charge in [0.15, 0.2) is 0 Å². The molecule has 6 heteroatoms. The van der Waals surface area contributed by atoms with Gasteiger partial charge in [0.2, 0.25) is 11.8 Å². The Hall–Kier alpha value is -3.12. The Kier molecular flexibility index (Phi) is 4.66. The number of hydrogen-bond donors (Lipinski definition) is 0. The molecule has 26 heavy (non-hydrogen) atoms. The zero-order valence-electron chi connectivity index (χ0n) is 14.5. The monoisotopic (exact) mass is 349 g/mol. The topological polar surface area (TPSA) is 68.4 Å². The molecule has 0 atom stereocenters. The Morgan fingerprint density at radius 1 is 0.808 bits per heavy atom. The molecule has 0 aliphatic carbocycles. The average molecular weight is 349 g/mol. The lowest BCUT2D eigenvalue weighted by Gasteiger charge is -2.17. The molecule has 3 heterocycles. The third-order valence-electron chi connectivity index (χ3n) is 4.04. The normalized spacial score (nSPS) is 11.3. The van der Waals surface area contributed by atoms with E-state index >= 15 is 0 Å². The first-order valence-corrected chi connectivity index (χ1v) is 8.43. The summed E-state index contributed by atoms with van der Waals surface area (Å²) in [5.74, 6) is 2.82. The molecule has 0 fully saturated rings. The van der Waals surface area contributed by atoms with Crippen molar-refractivity contribution in [3.63, 3.8) is 0 Å². The van der Waals surface area contributed by atoms with Crippen molar-refractivity contribution >= 4 is 0 Å². The van der Waals surface area contributed by atoms with Gasteiger partial charge in [-0.25, -0.2) is 0 Å². The molecule has 0 aliphatic rings. The van der Waals surface area contributed by atoms with Crippen LogP contribution in [-0.4, -0.2) is 15.1 Å². The number of nitrogens with zero attached hydrogens (tertiary/aromatic N) is 3. The molecule has 4 rings (SSSR count). The van der Waals surface area contributed by atoms with Gasteiger partial charge in [-0.1, -0.05) is 17.7 Å². The highest BCUT2D eigenvalue weighted by Crippen LogP contribution is 2.20. The van der Waals surface area contributed by atoms with Crippen LogP contribution in [-0.2, 0) is 19.6 Å². The lowest BCUT2D eigenvalue weighted by molar-refractivity contribution is 0.191. The fourth-order valence-electron chi connectivity index (χ4n) is 2.74. The van der Waals surface area contributed by atoms with Gasteiger partial charge in [0.25, 0.3) is 0 Å². The first-order chi connectivity index (χ1) is 12.8. The molecule has 0 unspecified atom stereocenters. The van der Waals surface area contributed by atoms with Gasteiger partial charge in [0, 0.05) is 5.56 Å². The van der Waals surface area contributed by atoms with Crippen molar-refractivity contribution in [2.24, 2.45) is 0 Å². The smallest absolute Gasteiger partial charge is 0.247 e. The van der Waals surface area contributed by atoms with Crippen LogP contribution in [0.4, 0.5) is 0 Å². The zero-order chi connectivity index (χ0) is 17.8. The molecule has 0 radical (unpaired) electrons. The molecule has 6 nitrogen and oxygen atoms in total. The van der Waals surface area contributed by atoms with Crippen molar-refractivity contribution in [3.8, 4) is 11.5 Å². The first kappa shape index (κ1) is 16.4. The number of furan rings is 2. The van der Waals surface area contributed by atoms with Crippen LogP contribution < -0.4 is 0 Å². The van der Waals surface area contributed by atoms with E-state index < -0.39 is 0 Å². The third kappa shape index (κ3) is 3.92. The van der Waals surface area contributed by atoms with Crippen LogP contribution in [0.15, 0.2) is 74.3 Å². The molecule has 132 valence electrons. The maximum Gasteiger partial charge on any atom is 0.247 e. The molecule has 0 aliphatic heterocycles. The van der Waals surface area contributed by atoms with Crippen molar-refractivity contribution in [2.45, 2.75) is 26.6 Å². The van der Waals surface area contributed by atoms with Crippen LogP contribution in [0.3, 0.4) is 0 Å². The summed E-state index contributed by atoms with van der Waals surface area (Å²) >= 11 is 0. The van der Waals surface area contributed by atoms with E-state index in [4.69, 9.17) is 13.3 Å². The molecule has 0 N–H and O–H groups in total. The number of benzene rings is 1. The standard InChI is InChI=1S/C20H19N3O3/c1-15-6-8-16(9-7-15)20-22-21-19(26-20)14-23(12-17-4-2-10-24-17)13-18-5-3-11-25-18/h2-11H,12-14H2,1H3. The summed E-state index contributed by atoms with van der Waals surface area (Å²) in [6, 6.07) is 15.7. The molecule has 0 amide bonds. The fraction of sp³-hybridized carbons (Fsp3) is 0.200. The van der Waals surface area contributed by atoms with Crippen molar-refractivity contribution in [1.82, 2.24) is 15.1 Å². The predicted octanol–water partition coefficient (Wildman–Crippen LogP) is 4.43. The minimum Gasteiger partial charge on any atom is -0.468 e. The third-order valence-corrected chi connectivity index (χ3v) is 4.04. The second kappa shape index (κ2) is 7.41. The van der Waals surface area contributed by atoms with E-state index in [0.29, 0.717) is 31.4 Å². The SMILES string of the molecule is Cc1ccc(-c2nnc(CN(Cc3ccco3)Cc3ccco3)o2)cc1. The van der Waals surface area contributed by atoms with E-state index in [1.165, 1.54) is 5.56 Å². The highest BCUT2D eigenvalue weighted by molar-refractivity contribution is 5.52. The van der Waals surface area contributed by atoms with Gasteiger partial charge in [-0.05, 0) is 43.3 Å². The first-order valence-electron chi connectivity index (χ1n) is 8.43.